The molecule has 7 nitrogen and oxygen atoms in total. The van der Waals surface area contributed by atoms with Crippen LogP contribution in [0.3, 0.4) is 0 Å². The number of piperidine rings is 1. The molecule has 2 amide bonds. The topological polar surface area (TPSA) is 83.6 Å². The molecular formula is C24H34N4O3S. The van der Waals surface area contributed by atoms with E-state index in [2.05, 4.69) is 20.5 Å². The Kier molecular flexibility index (Phi) is 8.64. The van der Waals surface area contributed by atoms with Crippen LogP contribution in [0.5, 0.6) is 0 Å². The Bertz CT molecular complexity index is 889. The van der Waals surface area contributed by atoms with Crippen molar-refractivity contribution < 1.29 is 14.3 Å². The fourth-order valence-corrected chi connectivity index (χ4v) is 4.68. The molecule has 2 N–H and O–H groups in total. The van der Waals surface area contributed by atoms with Gasteiger partial charge in [-0.25, -0.2) is 9.78 Å². The zero-order valence-corrected chi connectivity index (χ0v) is 20.1. The van der Waals surface area contributed by atoms with Gasteiger partial charge in [-0.1, -0.05) is 18.6 Å². The maximum atomic E-state index is 12.2. The summed E-state index contributed by atoms with van der Waals surface area (Å²) in [6.45, 7) is 7.60. The highest BCUT2D eigenvalue weighted by Gasteiger charge is 2.28. The summed E-state index contributed by atoms with van der Waals surface area (Å²) in [7, 11) is 1.42. The molecule has 1 aromatic carbocycles. The number of aryl methyl sites for hydroxylation is 1. The summed E-state index contributed by atoms with van der Waals surface area (Å²) in [4.78, 5) is 32.0. The standard InChI is InChI=1S/C24H34N4O3S/c1-24(2,22(29)31-3)12-11-21-26-17-20(32-21)18-7-9-19(10-8-18)27-23(30)25-13-16-28-14-5-4-6-15-28/h7-10,17H,4-6,11-16H2,1-3H3,(H2,25,27,30). The molecule has 0 unspecified atom stereocenters. The molecule has 0 saturated carbocycles. The van der Waals surface area contributed by atoms with Gasteiger partial charge in [0.2, 0.25) is 0 Å². The van der Waals surface area contributed by atoms with Crippen molar-refractivity contribution >= 4 is 29.0 Å². The van der Waals surface area contributed by atoms with Gasteiger partial charge in [-0.3, -0.25) is 4.79 Å². The number of nitrogens with one attached hydrogen (secondary N) is 2. The van der Waals surface area contributed by atoms with Crippen molar-refractivity contribution in [3.8, 4) is 10.4 Å². The van der Waals surface area contributed by atoms with Crippen LogP contribution in [0, 0.1) is 5.41 Å². The van der Waals surface area contributed by atoms with E-state index >= 15 is 0 Å². The van der Waals surface area contributed by atoms with Crippen LogP contribution in [0.15, 0.2) is 30.5 Å². The Morgan fingerprint density at radius 1 is 1.16 bits per heavy atom. The molecule has 0 bridgehead atoms. The van der Waals surface area contributed by atoms with Crippen LogP contribution in [0.2, 0.25) is 0 Å². The van der Waals surface area contributed by atoms with Crippen molar-refractivity contribution in [3.05, 3.63) is 35.5 Å². The highest BCUT2D eigenvalue weighted by molar-refractivity contribution is 7.15. The Morgan fingerprint density at radius 2 is 1.88 bits per heavy atom. The predicted octanol–water partition coefficient (Wildman–Crippen LogP) is 4.55. The van der Waals surface area contributed by atoms with Gasteiger partial charge in [-0.15, -0.1) is 11.3 Å². The first kappa shape index (κ1) is 24.2. The van der Waals surface area contributed by atoms with Gasteiger partial charge in [0.25, 0.3) is 0 Å². The van der Waals surface area contributed by atoms with Gasteiger partial charge >= 0.3 is 12.0 Å². The van der Waals surface area contributed by atoms with E-state index in [-0.39, 0.29) is 12.0 Å². The number of amides is 2. The molecule has 2 heterocycles. The average molecular weight is 459 g/mol. The van der Waals surface area contributed by atoms with Crippen LogP contribution in [0.1, 0.15) is 44.5 Å². The number of hydrogen-bond acceptors (Lipinski definition) is 6. The summed E-state index contributed by atoms with van der Waals surface area (Å²) in [5.41, 5.74) is 1.29. The number of benzene rings is 1. The average Bonchev–Trinajstić information content (AvgIpc) is 3.27. The zero-order valence-electron chi connectivity index (χ0n) is 19.3. The summed E-state index contributed by atoms with van der Waals surface area (Å²) in [6.07, 6.45) is 7.10. The monoisotopic (exact) mass is 458 g/mol. The first-order valence-corrected chi connectivity index (χ1v) is 12.1. The smallest absolute Gasteiger partial charge is 0.319 e. The van der Waals surface area contributed by atoms with E-state index in [4.69, 9.17) is 4.74 Å². The zero-order chi connectivity index (χ0) is 23.0. The molecular weight excluding hydrogens is 424 g/mol. The Hall–Kier alpha value is -2.45. The molecule has 1 saturated heterocycles. The van der Waals surface area contributed by atoms with E-state index in [1.807, 2.05) is 44.3 Å². The third kappa shape index (κ3) is 7.03. The summed E-state index contributed by atoms with van der Waals surface area (Å²) in [5.74, 6) is -0.201. The number of nitrogens with zero attached hydrogens (tertiary/aromatic N) is 2. The van der Waals surface area contributed by atoms with Crippen molar-refractivity contribution in [1.29, 1.82) is 0 Å². The van der Waals surface area contributed by atoms with Crippen LogP contribution >= 0.6 is 11.3 Å². The van der Waals surface area contributed by atoms with E-state index < -0.39 is 5.41 Å². The number of carbonyl (C=O) groups excluding carboxylic acids is 2. The number of hydrogen-bond donors (Lipinski definition) is 2. The van der Waals surface area contributed by atoms with Gasteiger partial charge in [-0.2, -0.15) is 0 Å². The van der Waals surface area contributed by atoms with Crippen molar-refractivity contribution in [3.63, 3.8) is 0 Å². The quantitative estimate of drug-likeness (QED) is 0.539. The van der Waals surface area contributed by atoms with E-state index in [0.717, 1.165) is 47.2 Å². The van der Waals surface area contributed by atoms with Gasteiger partial charge in [0.1, 0.15) is 0 Å². The Labute approximate surface area is 194 Å². The van der Waals surface area contributed by atoms with E-state index in [1.54, 1.807) is 11.3 Å². The molecule has 0 spiro atoms. The fourth-order valence-electron chi connectivity index (χ4n) is 3.76. The van der Waals surface area contributed by atoms with E-state index in [0.29, 0.717) is 13.0 Å². The second kappa shape index (κ2) is 11.4. The molecule has 0 atom stereocenters. The number of carbonyl (C=O) groups is 2. The number of aromatic nitrogens is 1. The number of urea groups is 1. The van der Waals surface area contributed by atoms with Crippen LogP contribution < -0.4 is 10.6 Å². The lowest BCUT2D eigenvalue weighted by molar-refractivity contribution is -0.151. The second-order valence-electron chi connectivity index (χ2n) is 8.85. The number of methoxy groups -OCH3 is 1. The van der Waals surface area contributed by atoms with Gasteiger partial charge in [-0.05, 0) is 63.9 Å². The Balaban J connectivity index is 1.46. The molecule has 1 fully saturated rings. The lowest BCUT2D eigenvalue weighted by Gasteiger charge is -2.26. The lowest BCUT2D eigenvalue weighted by Crippen LogP contribution is -2.39. The summed E-state index contributed by atoms with van der Waals surface area (Å²) in [6, 6.07) is 7.60. The van der Waals surface area contributed by atoms with Gasteiger partial charge in [0.05, 0.1) is 22.4 Å². The second-order valence-corrected chi connectivity index (χ2v) is 9.97. The number of esters is 1. The lowest BCUT2D eigenvalue weighted by atomic mass is 9.88. The summed E-state index contributed by atoms with van der Waals surface area (Å²) in [5, 5.41) is 6.82. The van der Waals surface area contributed by atoms with Gasteiger partial charge < -0.3 is 20.3 Å². The highest BCUT2D eigenvalue weighted by Crippen LogP contribution is 2.30. The van der Waals surface area contributed by atoms with Crippen molar-refractivity contribution in [2.75, 3.05) is 38.6 Å². The molecule has 0 aliphatic carbocycles. The molecule has 32 heavy (non-hydrogen) atoms. The number of ether oxygens (including phenoxy) is 1. The molecule has 1 aliphatic heterocycles. The molecule has 8 heteroatoms. The number of thiazole rings is 1. The maximum absolute atomic E-state index is 12.2. The Morgan fingerprint density at radius 3 is 2.56 bits per heavy atom. The van der Waals surface area contributed by atoms with Gasteiger partial charge in [0.15, 0.2) is 0 Å². The van der Waals surface area contributed by atoms with Crippen LogP contribution in [-0.4, -0.2) is 55.2 Å². The molecule has 1 aliphatic rings. The van der Waals surface area contributed by atoms with E-state index in [1.165, 1.54) is 26.4 Å². The molecule has 3 rings (SSSR count). The number of rotatable bonds is 9. The first-order valence-electron chi connectivity index (χ1n) is 11.3. The highest BCUT2D eigenvalue weighted by atomic mass is 32.1. The minimum Gasteiger partial charge on any atom is -0.469 e. The van der Waals surface area contributed by atoms with Crippen LogP contribution in [-0.2, 0) is 16.0 Å². The normalized spacial score (nSPS) is 14.7. The molecule has 2 aromatic rings. The van der Waals surface area contributed by atoms with Crippen molar-refractivity contribution in [1.82, 2.24) is 15.2 Å². The number of anilines is 1. The summed E-state index contributed by atoms with van der Waals surface area (Å²) < 4.78 is 4.87. The first-order chi connectivity index (χ1) is 15.4. The predicted molar refractivity (Wildman–Crippen MR) is 129 cm³/mol. The summed E-state index contributed by atoms with van der Waals surface area (Å²) >= 11 is 1.62. The third-order valence-electron chi connectivity index (χ3n) is 5.84. The SMILES string of the molecule is COC(=O)C(C)(C)CCc1ncc(-c2ccc(NC(=O)NCCN3CCCCC3)cc2)s1. The maximum Gasteiger partial charge on any atom is 0.319 e. The molecule has 1 aromatic heterocycles. The third-order valence-corrected chi connectivity index (χ3v) is 6.95. The molecule has 174 valence electrons. The minimum atomic E-state index is -0.526. The van der Waals surface area contributed by atoms with Crippen LogP contribution in [0.4, 0.5) is 10.5 Å². The van der Waals surface area contributed by atoms with Crippen LogP contribution in [0.25, 0.3) is 10.4 Å². The van der Waals surface area contributed by atoms with Gasteiger partial charge in [0, 0.05) is 31.4 Å². The van der Waals surface area contributed by atoms with Crippen molar-refractivity contribution in [2.24, 2.45) is 5.41 Å². The van der Waals surface area contributed by atoms with E-state index in [9.17, 15) is 9.59 Å². The number of likely N-dealkylation sites (tertiary alicyclic amines) is 1. The largest absolute Gasteiger partial charge is 0.469 e. The van der Waals surface area contributed by atoms with Crippen molar-refractivity contribution in [2.45, 2.75) is 46.0 Å². The molecule has 0 radical (unpaired) electrons. The fraction of sp³-hybridized carbons (Fsp3) is 0.542. The minimum absolute atomic E-state index is 0.178.